The van der Waals surface area contributed by atoms with Crippen molar-refractivity contribution in [2.75, 3.05) is 31.0 Å². The number of rotatable bonds is 6. The number of hydrogen-bond acceptors (Lipinski definition) is 10. The van der Waals surface area contributed by atoms with Gasteiger partial charge < -0.3 is 15.1 Å². The van der Waals surface area contributed by atoms with Crippen LogP contribution in [0.15, 0.2) is 9.64 Å². The Bertz CT molecular complexity index is 574. The molecular formula is C10H15N7OS2. The fourth-order valence-electron chi connectivity index (χ4n) is 1.29. The zero-order valence-electron chi connectivity index (χ0n) is 11.4. The van der Waals surface area contributed by atoms with Gasteiger partial charge in [0.2, 0.25) is 17.8 Å². The molecule has 2 aromatic heterocycles. The summed E-state index contributed by atoms with van der Waals surface area (Å²) in [5, 5.41) is 8.39. The molecule has 0 aliphatic heterocycles. The van der Waals surface area contributed by atoms with E-state index >= 15 is 0 Å². The van der Waals surface area contributed by atoms with Crippen LogP contribution >= 0.6 is 23.5 Å². The third-order valence-electron chi connectivity index (χ3n) is 2.13. The van der Waals surface area contributed by atoms with E-state index in [4.69, 9.17) is 10.2 Å². The molecule has 0 radical (unpaired) electrons. The van der Waals surface area contributed by atoms with Crippen LogP contribution in [0.1, 0.15) is 11.7 Å². The summed E-state index contributed by atoms with van der Waals surface area (Å²) in [5.41, 5.74) is 5.66. The van der Waals surface area contributed by atoms with Crippen LogP contribution in [0.25, 0.3) is 0 Å². The van der Waals surface area contributed by atoms with Crippen LogP contribution in [0.2, 0.25) is 0 Å². The van der Waals surface area contributed by atoms with Crippen LogP contribution in [0.3, 0.4) is 0 Å². The van der Waals surface area contributed by atoms with Crippen molar-refractivity contribution in [2.45, 2.75) is 16.7 Å². The molecule has 0 aromatic carbocycles. The Kier molecular flexibility index (Phi) is 5.01. The zero-order valence-corrected chi connectivity index (χ0v) is 13.0. The van der Waals surface area contributed by atoms with E-state index in [1.54, 1.807) is 16.7 Å². The van der Waals surface area contributed by atoms with Gasteiger partial charge in [-0.1, -0.05) is 11.8 Å². The normalized spacial score (nSPS) is 10.8. The zero-order chi connectivity index (χ0) is 14.5. The molecule has 0 unspecified atom stereocenters. The lowest BCUT2D eigenvalue weighted by atomic mass is 10.6. The molecule has 2 heterocycles. The minimum Gasteiger partial charge on any atom is -0.415 e. The van der Waals surface area contributed by atoms with Gasteiger partial charge in [0.05, 0.1) is 11.5 Å². The highest BCUT2D eigenvalue weighted by Crippen LogP contribution is 2.21. The van der Waals surface area contributed by atoms with Crippen molar-refractivity contribution in [2.24, 2.45) is 0 Å². The van der Waals surface area contributed by atoms with Gasteiger partial charge in [0.25, 0.3) is 5.22 Å². The minimum atomic E-state index is 0.202. The van der Waals surface area contributed by atoms with Crippen molar-refractivity contribution in [1.82, 2.24) is 25.1 Å². The monoisotopic (exact) mass is 313 g/mol. The van der Waals surface area contributed by atoms with Crippen LogP contribution in [0.5, 0.6) is 0 Å². The molecule has 2 aromatic rings. The third-order valence-corrected chi connectivity index (χ3v) is 3.48. The molecule has 2 N–H and O–H groups in total. The first-order chi connectivity index (χ1) is 9.58. The van der Waals surface area contributed by atoms with Crippen LogP contribution < -0.4 is 10.6 Å². The van der Waals surface area contributed by atoms with E-state index in [0.29, 0.717) is 34.4 Å². The molecule has 108 valence electrons. The van der Waals surface area contributed by atoms with E-state index < -0.39 is 0 Å². The highest BCUT2D eigenvalue weighted by Gasteiger charge is 2.10. The lowest BCUT2D eigenvalue weighted by molar-refractivity contribution is 0.426. The smallest absolute Gasteiger partial charge is 0.277 e. The topological polar surface area (TPSA) is 107 Å². The van der Waals surface area contributed by atoms with E-state index in [2.05, 4.69) is 25.1 Å². The average Bonchev–Trinajstić information content (AvgIpc) is 2.84. The van der Waals surface area contributed by atoms with Crippen LogP contribution in [0.4, 0.5) is 11.9 Å². The number of nitrogens with two attached hydrogens (primary N) is 1. The number of thioether (sulfide) groups is 2. The van der Waals surface area contributed by atoms with Gasteiger partial charge in [-0.25, -0.2) is 0 Å². The maximum Gasteiger partial charge on any atom is 0.277 e. The first-order valence-electron chi connectivity index (χ1n) is 5.70. The fraction of sp³-hybridized carbons (Fsp3) is 0.500. The summed E-state index contributed by atoms with van der Waals surface area (Å²) in [6.45, 7) is 0. The second-order valence-electron chi connectivity index (χ2n) is 3.99. The molecule has 0 bridgehead atoms. The highest BCUT2D eigenvalue weighted by atomic mass is 32.2. The number of hydrogen-bond donors (Lipinski definition) is 1. The third kappa shape index (κ3) is 3.97. The first-order valence-corrected chi connectivity index (χ1v) is 8.08. The summed E-state index contributed by atoms with van der Waals surface area (Å²) in [6.07, 6.45) is 1.98. The van der Waals surface area contributed by atoms with Crippen molar-refractivity contribution in [1.29, 1.82) is 0 Å². The van der Waals surface area contributed by atoms with Gasteiger partial charge in [-0.3, -0.25) is 0 Å². The summed E-state index contributed by atoms with van der Waals surface area (Å²) in [7, 11) is 3.69. The van der Waals surface area contributed by atoms with Gasteiger partial charge in [-0.15, -0.1) is 10.2 Å². The van der Waals surface area contributed by atoms with E-state index in [9.17, 15) is 0 Å². The Labute approximate surface area is 125 Å². The van der Waals surface area contributed by atoms with Gasteiger partial charge in [-0.2, -0.15) is 26.7 Å². The predicted octanol–water partition coefficient (Wildman–Crippen LogP) is 1.06. The van der Waals surface area contributed by atoms with Gasteiger partial charge in [0.1, 0.15) is 5.82 Å². The SMILES string of the molecule is CSCc1nnc(SCc2nc(N)nc(N(C)C)n2)o1. The molecule has 20 heavy (non-hydrogen) atoms. The van der Waals surface area contributed by atoms with Crippen molar-refractivity contribution < 1.29 is 4.42 Å². The quantitative estimate of drug-likeness (QED) is 0.778. The van der Waals surface area contributed by atoms with Gasteiger partial charge >= 0.3 is 0 Å². The lowest BCUT2D eigenvalue weighted by Crippen LogP contribution is -2.15. The maximum atomic E-state index is 5.66. The van der Waals surface area contributed by atoms with E-state index in [1.165, 1.54) is 11.8 Å². The van der Waals surface area contributed by atoms with Crippen LogP contribution in [0, 0.1) is 0 Å². The van der Waals surface area contributed by atoms with Crippen molar-refractivity contribution in [3.8, 4) is 0 Å². The Morgan fingerprint density at radius 3 is 2.65 bits per heavy atom. The van der Waals surface area contributed by atoms with Crippen molar-refractivity contribution in [3.63, 3.8) is 0 Å². The molecule has 0 atom stereocenters. The summed E-state index contributed by atoms with van der Waals surface area (Å²) >= 11 is 3.00. The van der Waals surface area contributed by atoms with Gasteiger partial charge in [-0.05, 0) is 6.26 Å². The summed E-state index contributed by atoms with van der Waals surface area (Å²) in [4.78, 5) is 14.2. The Balaban J connectivity index is 2.02. The van der Waals surface area contributed by atoms with Crippen molar-refractivity contribution >= 4 is 35.4 Å². The molecule has 0 saturated carbocycles. The maximum absolute atomic E-state index is 5.66. The fourth-order valence-corrected chi connectivity index (χ4v) is 2.29. The molecule has 0 aliphatic rings. The predicted molar refractivity (Wildman–Crippen MR) is 79.6 cm³/mol. The molecule has 0 fully saturated rings. The second-order valence-corrected chi connectivity index (χ2v) is 5.78. The first kappa shape index (κ1) is 14.9. The second kappa shape index (κ2) is 6.75. The van der Waals surface area contributed by atoms with Gasteiger partial charge in [0.15, 0.2) is 0 Å². The molecule has 2 rings (SSSR count). The molecule has 0 saturated heterocycles. The number of nitrogen functional groups attached to an aromatic ring is 1. The molecule has 0 spiro atoms. The average molecular weight is 313 g/mol. The Morgan fingerprint density at radius 1 is 1.15 bits per heavy atom. The number of anilines is 2. The minimum absolute atomic E-state index is 0.202. The van der Waals surface area contributed by atoms with Gasteiger partial charge in [0, 0.05) is 14.1 Å². The summed E-state index contributed by atoms with van der Waals surface area (Å²) < 4.78 is 5.46. The standard InChI is InChI=1S/C10H15N7OS2/c1-17(2)9-13-6(12-8(11)14-9)4-20-10-16-15-7(18-10)5-19-3/h4-5H2,1-3H3,(H2,11,12,13,14). The number of nitrogens with zero attached hydrogens (tertiary/aromatic N) is 6. The van der Waals surface area contributed by atoms with E-state index in [-0.39, 0.29) is 5.95 Å². The Morgan fingerprint density at radius 2 is 1.95 bits per heavy atom. The lowest BCUT2D eigenvalue weighted by Gasteiger charge is -2.10. The van der Waals surface area contributed by atoms with Crippen molar-refractivity contribution in [3.05, 3.63) is 11.7 Å². The molecular weight excluding hydrogens is 298 g/mol. The largest absolute Gasteiger partial charge is 0.415 e. The molecule has 0 amide bonds. The van der Waals surface area contributed by atoms with Crippen LogP contribution in [-0.4, -0.2) is 45.5 Å². The summed E-state index contributed by atoms with van der Waals surface area (Å²) in [5.74, 6) is 3.13. The van der Waals surface area contributed by atoms with E-state index in [0.717, 1.165) is 0 Å². The molecule has 0 aliphatic carbocycles. The number of aromatic nitrogens is 5. The van der Waals surface area contributed by atoms with Crippen LogP contribution in [-0.2, 0) is 11.5 Å². The Hall–Kier alpha value is -1.55. The van der Waals surface area contributed by atoms with E-state index in [1.807, 2.05) is 20.4 Å². The molecule has 10 heteroatoms. The molecule has 8 nitrogen and oxygen atoms in total. The highest BCUT2D eigenvalue weighted by molar-refractivity contribution is 7.98. The summed E-state index contributed by atoms with van der Waals surface area (Å²) in [6, 6.07) is 0.